The summed E-state index contributed by atoms with van der Waals surface area (Å²) in [5.41, 5.74) is 1.79. The Morgan fingerprint density at radius 2 is 1.88 bits per heavy atom. The van der Waals surface area contributed by atoms with Gasteiger partial charge in [-0.25, -0.2) is 19.7 Å². The first-order valence-electron chi connectivity index (χ1n) is 11.1. The van der Waals surface area contributed by atoms with Crippen LogP contribution in [0.1, 0.15) is 11.3 Å². The van der Waals surface area contributed by atoms with E-state index in [0.29, 0.717) is 50.2 Å². The van der Waals surface area contributed by atoms with Crippen molar-refractivity contribution in [3.8, 4) is 0 Å². The number of rotatable bonds is 6. The van der Waals surface area contributed by atoms with Crippen LogP contribution in [0.5, 0.6) is 0 Å². The lowest BCUT2D eigenvalue weighted by molar-refractivity contribution is 0.193. The van der Waals surface area contributed by atoms with Crippen molar-refractivity contribution >= 4 is 40.3 Å². The van der Waals surface area contributed by atoms with E-state index in [1.807, 2.05) is 36.4 Å². The average Bonchev–Trinajstić information content (AvgIpc) is 3.40. The molecule has 3 aromatic heterocycles. The van der Waals surface area contributed by atoms with E-state index in [0.717, 1.165) is 28.0 Å². The van der Waals surface area contributed by atoms with E-state index in [1.165, 1.54) is 0 Å². The van der Waals surface area contributed by atoms with Gasteiger partial charge in [-0.1, -0.05) is 29.8 Å². The summed E-state index contributed by atoms with van der Waals surface area (Å²) in [5.74, 6) is 2.08. The van der Waals surface area contributed by atoms with Crippen molar-refractivity contribution in [2.45, 2.75) is 13.1 Å². The Morgan fingerprint density at radius 1 is 1.03 bits per heavy atom. The molecule has 1 fully saturated rings. The molecule has 0 bridgehead atoms. The molecule has 0 saturated carbocycles. The van der Waals surface area contributed by atoms with Crippen LogP contribution in [0.15, 0.2) is 65.5 Å². The number of urea groups is 1. The standard InChI is InChI=1S/C24H24ClN7O2/c25-20-6-2-1-4-17(20)14-27-23-28-16-19-21(30-23)7-8-26-22(19)31-9-11-32(12-10-31)24(33)29-15-18-5-3-13-34-18/h1-8,13,16H,9-12,14-15H2,(H,29,33)(H,27,28,30). The van der Waals surface area contributed by atoms with Crippen LogP contribution >= 0.6 is 11.6 Å². The van der Waals surface area contributed by atoms with Gasteiger partial charge in [-0.05, 0) is 29.8 Å². The smallest absolute Gasteiger partial charge is 0.317 e. The van der Waals surface area contributed by atoms with Gasteiger partial charge in [0.1, 0.15) is 11.6 Å². The van der Waals surface area contributed by atoms with Crippen LogP contribution in [0.25, 0.3) is 10.9 Å². The molecule has 0 atom stereocenters. The minimum absolute atomic E-state index is 0.0977. The van der Waals surface area contributed by atoms with Gasteiger partial charge in [0.15, 0.2) is 0 Å². The zero-order valence-electron chi connectivity index (χ0n) is 18.4. The lowest BCUT2D eigenvalue weighted by Gasteiger charge is -2.35. The number of fused-ring (bicyclic) bond motifs is 1. The quantitative estimate of drug-likeness (QED) is 0.434. The number of benzene rings is 1. The molecule has 0 unspecified atom stereocenters. The van der Waals surface area contributed by atoms with Crippen molar-refractivity contribution in [2.24, 2.45) is 0 Å². The molecule has 4 aromatic rings. The van der Waals surface area contributed by atoms with E-state index in [1.54, 1.807) is 29.6 Å². The number of carbonyl (C=O) groups is 1. The topological polar surface area (TPSA) is 99.4 Å². The number of furan rings is 1. The van der Waals surface area contributed by atoms with Crippen LogP contribution in [0.2, 0.25) is 5.02 Å². The molecule has 1 aliphatic rings. The molecule has 9 nitrogen and oxygen atoms in total. The van der Waals surface area contributed by atoms with Crippen molar-refractivity contribution in [1.82, 2.24) is 25.2 Å². The largest absolute Gasteiger partial charge is 0.467 e. The van der Waals surface area contributed by atoms with E-state index >= 15 is 0 Å². The van der Waals surface area contributed by atoms with E-state index in [-0.39, 0.29) is 6.03 Å². The molecule has 2 amide bonds. The fraction of sp³-hybridized carbons (Fsp3) is 0.250. The number of pyridine rings is 1. The second kappa shape index (κ2) is 9.96. The third kappa shape index (κ3) is 4.89. The summed E-state index contributed by atoms with van der Waals surface area (Å²) >= 11 is 6.24. The molecule has 1 aromatic carbocycles. The first kappa shape index (κ1) is 22.0. The van der Waals surface area contributed by atoms with Crippen LogP contribution in [-0.2, 0) is 13.1 Å². The third-order valence-electron chi connectivity index (χ3n) is 5.74. The van der Waals surface area contributed by atoms with Crippen LogP contribution in [0, 0.1) is 0 Å². The number of carbonyl (C=O) groups excluding carboxylic acids is 1. The highest BCUT2D eigenvalue weighted by molar-refractivity contribution is 6.31. The number of halogens is 1. The van der Waals surface area contributed by atoms with Gasteiger partial charge >= 0.3 is 6.03 Å². The highest BCUT2D eigenvalue weighted by Gasteiger charge is 2.23. The van der Waals surface area contributed by atoms with E-state index in [4.69, 9.17) is 16.0 Å². The van der Waals surface area contributed by atoms with E-state index in [2.05, 4.69) is 30.5 Å². The molecule has 174 valence electrons. The predicted octanol–water partition coefficient (Wildman–Crippen LogP) is 3.92. The Bertz CT molecular complexity index is 1270. The minimum Gasteiger partial charge on any atom is -0.467 e. The zero-order chi connectivity index (χ0) is 23.3. The number of hydrogen-bond acceptors (Lipinski definition) is 7. The highest BCUT2D eigenvalue weighted by Crippen LogP contribution is 2.25. The summed E-state index contributed by atoms with van der Waals surface area (Å²) in [6.45, 7) is 3.45. The van der Waals surface area contributed by atoms with Gasteiger partial charge in [0.25, 0.3) is 0 Å². The predicted molar refractivity (Wildman–Crippen MR) is 131 cm³/mol. The van der Waals surface area contributed by atoms with Crippen molar-refractivity contribution in [3.63, 3.8) is 0 Å². The first-order valence-corrected chi connectivity index (χ1v) is 11.4. The third-order valence-corrected chi connectivity index (χ3v) is 6.11. The van der Waals surface area contributed by atoms with Crippen molar-refractivity contribution in [1.29, 1.82) is 0 Å². The summed E-state index contributed by atoms with van der Waals surface area (Å²) in [4.78, 5) is 30.2. The van der Waals surface area contributed by atoms with Crippen LogP contribution in [-0.4, -0.2) is 52.1 Å². The maximum absolute atomic E-state index is 12.5. The van der Waals surface area contributed by atoms with Gasteiger partial charge < -0.3 is 24.9 Å². The fourth-order valence-electron chi connectivity index (χ4n) is 3.90. The van der Waals surface area contributed by atoms with E-state index < -0.39 is 0 Å². The van der Waals surface area contributed by atoms with Gasteiger partial charge in [0.2, 0.25) is 5.95 Å². The van der Waals surface area contributed by atoms with Gasteiger partial charge in [-0.15, -0.1) is 0 Å². The van der Waals surface area contributed by atoms with Crippen molar-refractivity contribution < 1.29 is 9.21 Å². The van der Waals surface area contributed by atoms with Crippen molar-refractivity contribution in [3.05, 3.63) is 77.5 Å². The van der Waals surface area contributed by atoms with Gasteiger partial charge in [0, 0.05) is 50.1 Å². The molecule has 34 heavy (non-hydrogen) atoms. The molecule has 4 heterocycles. The van der Waals surface area contributed by atoms with Gasteiger partial charge in [-0.3, -0.25) is 0 Å². The normalized spacial score (nSPS) is 13.8. The summed E-state index contributed by atoms with van der Waals surface area (Å²) < 4.78 is 5.27. The number of piperazine rings is 1. The van der Waals surface area contributed by atoms with Crippen molar-refractivity contribution in [2.75, 3.05) is 36.4 Å². The molecule has 0 aliphatic carbocycles. The molecular weight excluding hydrogens is 454 g/mol. The first-order chi connectivity index (χ1) is 16.7. The molecule has 0 spiro atoms. The monoisotopic (exact) mass is 477 g/mol. The van der Waals surface area contributed by atoms with Crippen LogP contribution in [0.4, 0.5) is 16.6 Å². The molecule has 1 saturated heterocycles. The number of aromatic nitrogens is 3. The highest BCUT2D eigenvalue weighted by atomic mass is 35.5. The summed E-state index contributed by atoms with van der Waals surface area (Å²) in [5, 5.41) is 7.71. The number of amides is 2. The Hall–Kier alpha value is -3.85. The van der Waals surface area contributed by atoms with Crippen LogP contribution in [0.3, 0.4) is 0 Å². The minimum atomic E-state index is -0.0977. The number of nitrogens with one attached hydrogen (secondary N) is 2. The van der Waals surface area contributed by atoms with Gasteiger partial charge in [0.05, 0.1) is 23.7 Å². The molecule has 10 heteroatoms. The second-order valence-corrected chi connectivity index (χ2v) is 8.33. The number of nitrogens with zero attached hydrogens (tertiary/aromatic N) is 5. The Labute approximate surface area is 201 Å². The lowest BCUT2D eigenvalue weighted by Crippen LogP contribution is -2.52. The zero-order valence-corrected chi connectivity index (χ0v) is 19.2. The van der Waals surface area contributed by atoms with Crippen LogP contribution < -0.4 is 15.5 Å². The summed E-state index contributed by atoms with van der Waals surface area (Å²) in [7, 11) is 0. The Kier molecular flexibility index (Phi) is 6.44. The summed E-state index contributed by atoms with van der Waals surface area (Å²) in [6, 6.07) is 13.1. The van der Waals surface area contributed by atoms with E-state index in [9.17, 15) is 4.79 Å². The lowest BCUT2D eigenvalue weighted by atomic mass is 10.2. The Morgan fingerprint density at radius 3 is 2.68 bits per heavy atom. The average molecular weight is 478 g/mol. The summed E-state index contributed by atoms with van der Waals surface area (Å²) in [6.07, 6.45) is 5.14. The molecule has 5 rings (SSSR count). The van der Waals surface area contributed by atoms with Gasteiger partial charge in [-0.2, -0.15) is 0 Å². The maximum atomic E-state index is 12.5. The number of hydrogen-bond donors (Lipinski definition) is 2. The fourth-order valence-corrected chi connectivity index (χ4v) is 4.11. The molecule has 0 radical (unpaired) electrons. The SMILES string of the molecule is O=C(NCc1ccco1)N1CCN(c2nccc3nc(NCc4ccccc4Cl)ncc23)CC1. The second-order valence-electron chi connectivity index (χ2n) is 7.92. The maximum Gasteiger partial charge on any atom is 0.317 e. The Balaban J connectivity index is 1.22. The molecule has 2 N–H and O–H groups in total. The molecule has 1 aliphatic heterocycles. The number of anilines is 2. The molecular formula is C24H24ClN7O2.